The molecule has 0 fully saturated rings. The van der Waals surface area contributed by atoms with Crippen LogP contribution >= 0.6 is 0 Å². The fourth-order valence-corrected chi connectivity index (χ4v) is 1.82. The van der Waals surface area contributed by atoms with E-state index < -0.39 is 12.2 Å². The summed E-state index contributed by atoms with van der Waals surface area (Å²) in [4.78, 5) is 14.8. The second-order valence-corrected chi connectivity index (χ2v) is 4.27. The molecule has 0 radical (unpaired) electrons. The number of rotatable bonds is 5. The van der Waals surface area contributed by atoms with Crippen molar-refractivity contribution >= 4 is 11.6 Å². The number of nitrogens with one attached hydrogen (secondary N) is 1. The van der Waals surface area contributed by atoms with Gasteiger partial charge in [-0.15, -0.1) is 0 Å². The lowest BCUT2D eigenvalue weighted by molar-refractivity contribution is -0.119. The SMILES string of the molecule is CC(=O)NCCC(O)C(O)c1cnn2cccnc12. The maximum Gasteiger partial charge on any atom is 0.216 e. The van der Waals surface area contributed by atoms with E-state index in [4.69, 9.17) is 0 Å². The quantitative estimate of drug-likeness (QED) is 0.685. The molecule has 19 heavy (non-hydrogen) atoms. The third-order valence-electron chi connectivity index (χ3n) is 2.80. The summed E-state index contributed by atoms with van der Waals surface area (Å²) in [7, 11) is 0. The Labute approximate surface area is 109 Å². The third-order valence-corrected chi connectivity index (χ3v) is 2.80. The van der Waals surface area contributed by atoms with Gasteiger partial charge in [0.25, 0.3) is 0 Å². The zero-order valence-corrected chi connectivity index (χ0v) is 10.5. The molecule has 7 heteroatoms. The van der Waals surface area contributed by atoms with Gasteiger partial charge in [0.05, 0.1) is 12.3 Å². The summed E-state index contributed by atoms with van der Waals surface area (Å²) < 4.78 is 1.53. The van der Waals surface area contributed by atoms with E-state index in [1.54, 1.807) is 18.5 Å². The Morgan fingerprint density at radius 2 is 2.32 bits per heavy atom. The van der Waals surface area contributed by atoms with Crippen LogP contribution in [0.25, 0.3) is 5.65 Å². The summed E-state index contributed by atoms with van der Waals surface area (Å²) in [5, 5.41) is 26.6. The van der Waals surface area contributed by atoms with E-state index in [1.807, 2.05) is 0 Å². The van der Waals surface area contributed by atoms with E-state index in [2.05, 4.69) is 15.4 Å². The molecule has 2 heterocycles. The second kappa shape index (κ2) is 5.77. The van der Waals surface area contributed by atoms with Crippen LogP contribution in [0.4, 0.5) is 0 Å². The Balaban J connectivity index is 2.06. The van der Waals surface area contributed by atoms with E-state index in [0.29, 0.717) is 17.8 Å². The lowest BCUT2D eigenvalue weighted by atomic mass is 10.1. The number of hydrogen-bond donors (Lipinski definition) is 3. The largest absolute Gasteiger partial charge is 0.390 e. The third kappa shape index (κ3) is 3.07. The molecule has 2 rings (SSSR count). The molecule has 3 N–H and O–H groups in total. The van der Waals surface area contributed by atoms with Crippen molar-refractivity contribution in [2.45, 2.75) is 25.6 Å². The van der Waals surface area contributed by atoms with Crippen LogP contribution in [-0.2, 0) is 4.79 Å². The van der Waals surface area contributed by atoms with E-state index in [1.165, 1.54) is 17.6 Å². The number of carbonyl (C=O) groups excluding carboxylic acids is 1. The molecule has 0 aliphatic heterocycles. The molecule has 102 valence electrons. The van der Waals surface area contributed by atoms with Gasteiger partial charge in [0.15, 0.2) is 5.65 Å². The lowest BCUT2D eigenvalue weighted by Crippen LogP contribution is -2.27. The highest BCUT2D eigenvalue weighted by atomic mass is 16.3. The molecule has 0 aliphatic carbocycles. The number of amides is 1. The van der Waals surface area contributed by atoms with Gasteiger partial charge in [-0.1, -0.05) is 0 Å². The molecule has 2 aromatic rings. The zero-order valence-electron chi connectivity index (χ0n) is 10.5. The Hall–Kier alpha value is -1.99. The van der Waals surface area contributed by atoms with Crippen LogP contribution < -0.4 is 5.32 Å². The fraction of sp³-hybridized carbons (Fsp3) is 0.417. The minimum atomic E-state index is -1.08. The Morgan fingerprint density at radius 1 is 1.53 bits per heavy atom. The molecular weight excluding hydrogens is 248 g/mol. The Bertz CT molecular complexity index is 569. The molecule has 7 nitrogen and oxygen atoms in total. The normalized spacial score (nSPS) is 14.3. The summed E-state index contributed by atoms with van der Waals surface area (Å²) in [5.41, 5.74) is 0.976. The van der Waals surface area contributed by atoms with Crippen LogP contribution in [0.15, 0.2) is 24.7 Å². The van der Waals surface area contributed by atoms with Crippen molar-refractivity contribution in [2.24, 2.45) is 0 Å². The number of fused-ring (bicyclic) bond motifs is 1. The number of aromatic nitrogens is 3. The average Bonchev–Trinajstić information content (AvgIpc) is 2.81. The maximum absolute atomic E-state index is 10.7. The van der Waals surface area contributed by atoms with Crippen LogP contribution in [0.2, 0.25) is 0 Å². The molecule has 0 bridgehead atoms. The molecule has 2 aromatic heterocycles. The van der Waals surface area contributed by atoms with Crippen LogP contribution in [-0.4, -0.2) is 43.4 Å². The Kier molecular flexibility index (Phi) is 4.08. The van der Waals surface area contributed by atoms with Gasteiger partial charge in [0.1, 0.15) is 6.10 Å². The van der Waals surface area contributed by atoms with Crippen molar-refractivity contribution in [2.75, 3.05) is 6.54 Å². The molecule has 0 aromatic carbocycles. The minimum Gasteiger partial charge on any atom is -0.390 e. The van der Waals surface area contributed by atoms with Crippen molar-refractivity contribution in [1.29, 1.82) is 0 Å². The van der Waals surface area contributed by atoms with Gasteiger partial charge in [0.2, 0.25) is 5.91 Å². The number of nitrogens with zero attached hydrogens (tertiary/aromatic N) is 3. The lowest BCUT2D eigenvalue weighted by Gasteiger charge is -2.16. The first kappa shape index (κ1) is 13.4. The van der Waals surface area contributed by atoms with Crippen molar-refractivity contribution in [3.05, 3.63) is 30.2 Å². The fourth-order valence-electron chi connectivity index (χ4n) is 1.82. The van der Waals surface area contributed by atoms with Gasteiger partial charge in [-0.25, -0.2) is 9.50 Å². The molecule has 0 aliphatic rings. The van der Waals surface area contributed by atoms with Crippen molar-refractivity contribution < 1.29 is 15.0 Å². The highest BCUT2D eigenvalue weighted by Gasteiger charge is 2.22. The van der Waals surface area contributed by atoms with Gasteiger partial charge in [-0.2, -0.15) is 5.10 Å². The topological polar surface area (TPSA) is 99.8 Å². The molecule has 0 spiro atoms. The first-order valence-electron chi connectivity index (χ1n) is 5.98. The molecule has 2 unspecified atom stereocenters. The van der Waals surface area contributed by atoms with Crippen molar-refractivity contribution in [3.8, 4) is 0 Å². The van der Waals surface area contributed by atoms with Crippen LogP contribution in [0.5, 0.6) is 0 Å². The Morgan fingerprint density at radius 3 is 3.05 bits per heavy atom. The smallest absolute Gasteiger partial charge is 0.216 e. The standard InChI is InChI=1S/C12H16N4O3/c1-8(17)13-5-3-10(18)11(19)9-7-15-16-6-2-4-14-12(9)16/h2,4,6-7,10-11,18-19H,3,5H2,1H3,(H,13,17). The molecule has 2 atom stereocenters. The summed E-state index contributed by atoms with van der Waals surface area (Å²) in [6.45, 7) is 1.71. The highest BCUT2D eigenvalue weighted by Crippen LogP contribution is 2.21. The van der Waals surface area contributed by atoms with Crippen LogP contribution in [0, 0.1) is 0 Å². The van der Waals surface area contributed by atoms with Crippen LogP contribution in [0.1, 0.15) is 25.0 Å². The average molecular weight is 264 g/mol. The summed E-state index contributed by atoms with van der Waals surface area (Å²) >= 11 is 0. The van der Waals surface area contributed by atoms with Gasteiger partial charge in [-0.05, 0) is 12.5 Å². The number of hydrogen-bond acceptors (Lipinski definition) is 5. The van der Waals surface area contributed by atoms with Gasteiger partial charge in [0, 0.05) is 31.4 Å². The zero-order chi connectivity index (χ0) is 13.8. The van der Waals surface area contributed by atoms with Crippen LogP contribution in [0.3, 0.4) is 0 Å². The molecule has 0 saturated heterocycles. The van der Waals surface area contributed by atoms with E-state index in [0.717, 1.165) is 0 Å². The van der Waals surface area contributed by atoms with Gasteiger partial charge >= 0.3 is 0 Å². The summed E-state index contributed by atoms with van der Waals surface area (Å²) in [6.07, 6.45) is 2.97. The molecular formula is C12H16N4O3. The van der Waals surface area contributed by atoms with Crippen molar-refractivity contribution in [1.82, 2.24) is 19.9 Å². The first-order valence-corrected chi connectivity index (χ1v) is 5.98. The number of carbonyl (C=O) groups is 1. The minimum absolute atomic E-state index is 0.167. The predicted molar refractivity (Wildman–Crippen MR) is 67.3 cm³/mol. The molecule has 1 amide bonds. The maximum atomic E-state index is 10.7. The van der Waals surface area contributed by atoms with Gasteiger partial charge < -0.3 is 15.5 Å². The van der Waals surface area contributed by atoms with E-state index in [9.17, 15) is 15.0 Å². The van der Waals surface area contributed by atoms with Crippen molar-refractivity contribution in [3.63, 3.8) is 0 Å². The highest BCUT2D eigenvalue weighted by molar-refractivity contribution is 5.72. The number of aliphatic hydroxyl groups excluding tert-OH is 2. The number of aliphatic hydroxyl groups is 2. The van der Waals surface area contributed by atoms with Gasteiger partial charge in [-0.3, -0.25) is 4.79 Å². The molecule has 0 saturated carbocycles. The monoisotopic (exact) mass is 264 g/mol. The second-order valence-electron chi connectivity index (χ2n) is 4.27. The summed E-state index contributed by atoms with van der Waals surface area (Å²) in [5.74, 6) is -0.167. The first-order chi connectivity index (χ1) is 9.09. The predicted octanol–water partition coefficient (Wildman–Crippen LogP) is -0.350. The van der Waals surface area contributed by atoms with E-state index >= 15 is 0 Å². The summed E-state index contributed by atoms with van der Waals surface area (Å²) in [6, 6.07) is 1.73. The van der Waals surface area contributed by atoms with E-state index in [-0.39, 0.29) is 12.3 Å².